The number of thioether (sulfide) groups is 1. The molecule has 2 rings (SSSR count). The molecule has 1 saturated heterocycles. The molecular formula is C20H33N2O4PS. The number of carbonyl (C=O) groups is 1. The van der Waals surface area contributed by atoms with Crippen molar-refractivity contribution in [2.45, 2.75) is 64.4 Å². The van der Waals surface area contributed by atoms with Gasteiger partial charge in [-0.1, -0.05) is 31.5 Å². The number of carbonyl (C=O) groups excluding carboxylic acids is 1. The first-order valence-corrected chi connectivity index (χ1v) is 12.3. The summed E-state index contributed by atoms with van der Waals surface area (Å²) in [7, 11) is -3.54. The molecule has 158 valence electrons. The van der Waals surface area contributed by atoms with Gasteiger partial charge in [-0.25, -0.2) is 4.79 Å². The van der Waals surface area contributed by atoms with Crippen LogP contribution >= 0.6 is 19.4 Å². The minimum Gasteiger partial charge on any atom is -0.308 e. The van der Waals surface area contributed by atoms with Gasteiger partial charge >= 0.3 is 13.6 Å². The maximum atomic E-state index is 13.7. The molecule has 0 bridgehead atoms. The molecule has 0 saturated carbocycles. The molecule has 1 aliphatic heterocycles. The largest absolute Gasteiger partial charge is 0.354 e. The minimum absolute atomic E-state index is 0.139. The molecule has 0 aromatic heterocycles. The van der Waals surface area contributed by atoms with Crippen LogP contribution in [0.3, 0.4) is 0 Å². The Hall–Kier alpha value is -1.01. The molecular weight excluding hydrogens is 395 g/mol. The van der Waals surface area contributed by atoms with E-state index in [0.29, 0.717) is 5.69 Å². The van der Waals surface area contributed by atoms with Crippen LogP contribution in [0.5, 0.6) is 0 Å². The Labute approximate surface area is 173 Å². The Morgan fingerprint density at radius 3 is 2.21 bits per heavy atom. The number of hydrogen-bond acceptors (Lipinski definition) is 5. The number of hydrogen-bond donors (Lipinski definition) is 1. The minimum atomic E-state index is -3.54. The van der Waals surface area contributed by atoms with Crippen LogP contribution < -0.4 is 5.32 Å². The summed E-state index contributed by atoms with van der Waals surface area (Å²) < 4.78 is 24.6. The van der Waals surface area contributed by atoms with Crippen molar-refractivity contribution >= 4 is 31.1 Å². The smallest absolute Gasteiger partial charge is 0.308 e. The standard InChI is InChI=1S/C20H33N2O4PS/c1-8-25-27(24,26-9-2)18-20(6,7)28-17(14(3)4)22(18)19(23)21-16-12-10-15(5)11-13-16/h10-14,17-18H,8-9H2,1-7H3,(H,21,23). The first kappa shape index (κ1) is 23.3. The zero-order valence-corrected chi connectivity index (χ0v) is 19.6. The molecule has 2 unspecified atom stereocenters. The molecule has 0 radical (unpaired) electrons. The van der Waals surface area contributed by atoms with E-state index < -0.39 is 18.1 Å². The summed E-state index contributed by atoms with van der Waals surface area (Å²) in [5.74, 6) is -0.502. The van der Waals surface area contributed by atoms with Crippen LogP contribution in [0.15, 0.2) is 24.3 Å². The Bertz CT molecular complexity index is 713. The third kappa shape index (κ3) is 4.93. The van der Waals surface area contributed by atoms with Gasteiger partial charge in [0.15, 0.2) is 5.78 Å². The van der Waals surface area contributed by atoms with E-state index in [1.54, 1.807) is 30.5 Å². The van der Waals surface area contributed by atoms with E-state index in [4.69, 9.17) is 9.05 Å². The first-order valence-electron chi connectivity index (χ1n) is 9.78. The van der Waals surface area contributed by atoms with Gasteiger partial charge in [-0.15, -0.1) is 11.8 Å². The monoisotopic (exact) mass is 428 g/mol. The topological polar surface area (TPSA) is 67.9 Å². The highest BCUT2D eigenvalue weighted by Crippen LogP contribution is 2.65. The predicted molar refractivity (Wildman–Crippen MR) is 117 cm³/mol. The number of aryl methyl sites for hydroxylation is 1. The molecule has 2 atom stereocenters. The average Bonchev–Trinajstić information content (AvgIpc) is 2.90. The Kier molecular flexibility index (Phi) is 7.65. The van der Waals surface area contributed by atoms with E-state index in [1.807, 2.05) is 45.0 Å². The fraction of sp³-hybridized carbons (Fsp3) is 0.650. The van der Waals surface area contributed by atoms with Crippen molar-refractivity contribution in [3.05, 3.63) is 29.8 Å². The lowest BCUT2D eigenvalue weighted by atomic mass is 10.1. The van der Waals surface area contributed by atoms with E-state index in [9.17, 15) is 9.36 Å². The second kappa shape index (κ2) is 9.21. The molecule has 1 N–H and O–H groups in total. The molecule has 1 heterocycles. The molecule has 6 nitrogen and oxygen atoms in total. The van der Waals surface area contributed by atoms with Crippen molar-refractivity contribution in [3.8, 4) is 0 Å². The predicted octanol–water partition coefficient (Wildman–Crippen LogP) is 5.93. The molecule has 1 aromatic rings. The number of rotatable bonds is 7. The molecule has 0 spiro atoms. The van der Waals surface area contributed by atoms with E-state index in [0.717, 1.165) is 5.56 Å². The summed E-state index contributed by atoms with van der Waals surface area (Å²) in [4.78, 5) is 15.0. The second-order valence-corrected chi connectivity index (χ2v) is 11.7. The number of amides is 2. The summed E-state index contributed by atoms with van der Waals surface area (Å²) >= 11 is 1.64. The molecule has 28 heavy (non-hydrogen) atoms. The average molecular weight is 429 g/mol. The normalized spacial score (nSPS) is 21.9. The second-order valence-electron chi connectivity index (χ2n) is 7.81. The molecule has 0 aliphatic carbocycles. The van der Waals surface area contributed by atoms with Crippen LogP contribution in [0.1, 0.15) is 47.1 Å². The van der Waals surface area contributed by atoms with Crippen molar-refractivity contribution in [3.63, 3.8) is 0 Å². The third-order valence-corrected chi connectivity index (χ3v) is 9.36. The zero-order chi connectivity index (χ0) is 21.1. The van der Waals surface area contributed by atoms with Crippen LogP contribution in [0.2, 0.25) is 0 Å². The van der Waals surface area contributed by atoms with E-state index in [1.165, 1.54) is 0 Å². The molecule has 1 aromatic carbocycles. The van der Waals surface area contributed by atoms with Crippen LogP contribution in [0, 0.1) is 12.8 Å². The van der Waals surface area contributed by atoms with Crippen molar-refractivity contribution in [1.29, 1.82) is 0 Å². The summed E-state index contributed by atoms with van der Waals surface area (Å²) in [6.07, 6.45) is 0. The Balaban J connectivity index is 2.44. The van der Waals surface area contributed by atoms with Gasteiger partial charge in [-0.05, 0) is 52.7 Å². The number of urea groups is 1. The van der Waals surface area contributed by atoms with Crippen molar-refractivity contribution < 1.29 is 18.4 Å². The van der Waals surface area contributed by atoms with Crippen molar-refractivity contribution in [2.75, 3.05) is 18.5 Å². The van der Waals surface area contributed by atoms with Gasteiger partial charge in [-0.2, -0.15) is 0 Å². The van der Waals surface area contributed by atoms with E-state index >= 15 is 0 Å². The van der Waals surface area contributed by atoms with Crippen molar-refractivity contribution in [1.82, 2.24) is 4.90 Å². The van der Waals surface area contributed by atoms with Crippen molar-refractivity contribution in [2.24, 2.45) is 5.92 Å². The van der Waals surface area contributed by atoms with Crippen LogP contribution in [0.25, 0.3) is 0 Å². The molecule has 8 heteroatoms. The zero-order valence-electron chi connectivity index (χ0n) is 17.9. The fourth-order valence-electron chi connectivity index (χ4n) is 3.48. The Morgan fingerprint density at radius 2 is 1.75 bits per heavy atom. The Morgan fingerprint density at radius 1 is 1.21 bits per heavy atom. The van der Waals surface area contributed by atoms with Gasteiger partial charge in [-0.3, -0.25) is 9.46 Å². The summed E-state index contributed by atoms with van der Waals surface area (Å²) in [6.45, 7) is 14.2. The van der Waals surface area contributed by atoms with Gasteiger partial charge < -0.3 is 14.4 Å². The first-order chi connectivity index (χ1) is 13.1. The maximum absolute atomic E-state index is 13.7. The SMILES string of the molecule is CCOP(=O)(OCC)C1N(C(=O)Nc2ccc(C)cc2)C(C(C)C)SC1(C)C. The summed E-state index contributed by atoms with van der Waals surface area (Å²) in [6, 6.07) is 7.34. The number of nitrogens with zero attached hydrogens (tertiary/aromatic N) is 1. The summed E-state index contributed by atoms with van der Waals surface area (Å²) in [5, 5.41) is 2.82. The highest BCUT2D eigenvalue weighted by Gasteiger charge is 2.59. The van der Waals surface area contributed by atoms with E-state index in [-0.39, 0.29) is 30.5 Å². The number of benzene rings is 1. The highest BCUT2D eigenvalue weighted by atomic mass is 32.2. The van der Waals surface area contributed by atoms with Crippen LogP contribution in [-0.2, 0) is 13.6 Å². The fourth-order valence-corrected chi connectivity index (χ4v) is 8.00. The molecule has 1 aliphatic rings. The van der Waals surface area contributed by atoms with E-state index in [2.05, 4.69) is 19.2 Å². The molecule has 1 fully saturated rings. The van der Waals surface area contributed by atoms with Gasteiger partial charge in [0.05, 0.1) is 18.6 Å². The molecule has 2 amide bonds. The van der Waals surface area contributed by atoms with Gasteiger partial charge in [0.2, 0.25) is 0 Å². The lowest BCUT2D eigenvalue weighted by molar-refractivity contribution is 0.153. The summed E-state index contributed by atoms with van der Waals surface area (Å²) in [5.41, 5.74) is 1.82. The highest BCUT2D eigenvalue weighted by molar-refractivity contribution is 8.01. The van der Waals surface area contributed by atoms with Crippen LogP contribution in [-0.4, -0.2) is 40.0 Å². The van der Waals surface area contributed by atoms with Crippen LogP contribution in [0.4, 0.5) is 10.5 Å². The van der Waals surface area contributed by atoms with Gasteiger partial charge in [0.25, 0.3) is 0 Å². The lowest BCUT2D eigenvalue weighted by Crippen LogP contribution is -2.49. The quantitative estimate of drug-likeness (QED) is 0.545. The number of anilines is 1. The van der Waals surface area contributed by atoms with Gasteiger partial charge in [0, 0.05) is 10.4 Å². The third-order valence-electron chi connectivity index (χ3n) is 4.61. The number of nitrogens with one attached hydrogen (secondary N) is 1. The van der Waals surface area contributed by atoms with Gasteiger partial charge in [0.1, 0.15) is 0 Å². The maximum Gasteiger partial charge on any atom is 0.354 e. The lowest BCUT2D eigenvalue weighted by Gasteiger charge is -2.37.